The summed E-state index contributed by atoms with van der Waals surface area (Å²) in [6, 6.07) is 7.53. The normalized spacial score (nSPS) is 20.6. The molecule has 2 saturated heterocycles. The maximum absolute atomic E-state index is 12.8. The quantitative estimate of drug-likeness (QED) is 0.723. The molecule has 2 aliphatic rings. The number of rotatable bonds is 5. The number of piperazine rings is 1. The first kappa shape index (κ1) is 21.2. The van der Waals surface area contributed by atoms with Gasteiger partial charge in [0.1, 0.15) is 0 Å². The molecule has 0 spiro atoms. The molecule has 0 bridgehead atoms. The van der Waals surface area contributed by atoms with Gasteiger partial charge in [-0.3, -0.25) is 9.69 Å². The topological polar surface area (TPSA) is 64.2 Å². The second-order valence-electron chi connectivity index (χ2n) is 8.07. The third-order valence-corrected chi connectivity index (χ3v) is 7.81. The van der Waals surface area contributed by atoms with Crippen LogP contribution in [0.15, 0.2) is 29.2 Å². The molecule has 28 heavy (non-hydrogen) atoms. The lowest BCUT2D eigenvalue weighted by Gasteiger charge is -2.37. The van der Waals surface area contributed by atoms with E-state index in [1.165, 1.54) is 4.31 Å². The molecule has 156 valence electrons. The molecule has 1 amide bonds. The Labute approximate surface area is 168 Å². The second kappa shape index (κ2) is 8.90. The first-order chi connectivity index (χ1) is 13.3. The fourth-order valence-electron chi connectivity index (χ4n) is 3.91. The van der Waals surface area contributed by atoms with Gasteiger partial charge in [-0.15, -0.1) is 0 Å². The van der Waals surface area contributed by atoms with Crippen molar-refractivity contribution in [2.45, 2.75) is 30.7 Å². The van der Waals surface area contributed by atoms with E-state index in [0.717, 1.165) is 31.5 Å². The number of piperidine rings is 1. The van der Waals surface area contributed by atoms with E-state index in [2.05, 4.69) is 23.9 Å². The van der Waals surface area contributed by atoms with E-state index in [1.807, 2.05) is 24.0 Å². The zero-order valence-corrected chi connectivity index (χ0v) is 18.0. The Morgan fingerprint density at radius 1 is 1.00 bits per heavy atom. The van der Waals surface area contributed by atoms with Crippen molar-refractivity contribution in [2.24, 2.45) is 0 Å². The molecule has 2 heterocycles. The number of aryl methyl sites for hydroxylation is 1. The molecule has 3 rings (SSSR count). The van der Waals surface area contributed by atoms with Crippen molar-refractivity contribution in [3.63, 3.8) is 0 Å². The lowest BCUT2D eigenvalue weighted by Crippen LogP contribution is -2.52. The van der Waals surface area contributed by atoms with Crippen molar-refractivity contribution in [1.82, 2.24) is 19.0 Å². The van der Waals surface area contributed by atoms with E-state index >= 15 is 0 Å². The molecule has 0 radical (unpaired) electrons. The van der Waals surface area contributed by atoms with E-state index < -0.39 is 10.0 Å². The second-order valence-corrected chi connectivity index (χ2v) is 10.0. The zero-order valence-electron chi connectivity index (χ0n) is 17.2. The van der Waals surface area contributed by atoms with Gasteiger partial charge in [-0.2, -0.15) is 4.31 Å². The van der Waals surface area contributed by atoms with E-state index in [-0.39, 0.29) is 5.91 Å². The van der Waals surface area contributed by atoms with E-state index in [1.54, 1.807) is 12.1 Å². The Balaban J connectivity index is 1.49. The lowest BCUT2D eigenvalue weighted by atomic mass is 10.0. The summed E-state index contributed by atoms with van der Waals surface area (Å²) in [5.74, 6) is 0.159. The monoisotopic (exact) mass is 408 g/mol. The molecule has 1 aromatic rings. The van der Waals surface area contributed by atoms with Crippen LogP contribution in [0, 0.1) is 6.92 Å². The molecule has 2 aliphatic heterocycles. The maximum atomic E-state index is 12.8. The van der Waals surface area contributed by atoms with Crippen molar-refractivity contribution in [3.05, 3.63) is 29.8 Å². The van der Waals surface area contributed by atoms with Crippen molar-refractivity contribution in [3.8, 4) is 0 Å². The maximum Gasteiger partial charge on any atom is 0.243 e. The highest BCUT2D eigenvalue weighted by Crippen LogP contribution is 2.19. The van der Waals surface area contributed by atoms with Gasteiger partial charge in [0.05, 0.1) is 11.4 Å². The largest absolute Gasteiger partial charge is 0.341 e. The SMILES string of the molecule is Cc1ccc(S(=O)(=O)N2CCN(CC(=O)N3CCC(N(C)C)CC3)CC2)cc1. The molecule has 0 N–H and O–H groups in total. The van der Waals surface area contributed by atoms with Crippen molar-refractivity contribution >= 4 is 15.9 Å². The van der Waals surface area contributed by atoms with Crippen LogP contribution >= 0.6 is 0 Å². The van der Waals surface area contributed by atoms with Gasteiger partial charge < -0.3 is 9.80 Å². The summed E-state index contributed by atoms with van der Waals surface area (Å²) in [7, 11) is 0.720. The van der Waals surface area contributed by atoms with Gasteiger partial charge in [0.2, 0.25) is 15.9 Å². The highest BCUT2D eigenvalue weighted by Gasteiger charge is 2.30. The van der Waals surface area contributed by atoms with Crippen LogP contribution in [0.25, 0.3) is 0 Å². The molecular formula is C20H32N4O3S. The van der Waals surface area contributed by atoms with Crippen LogP contribution < -0.4 is 0 Å². The van der Waals surface area contributed by atoms with E-state index in [0.29, 0.717) is 43.7 Å². The Morgan fingerprint density at radius 2 is 1.57 bits per heavy atom. The predicted octanol–water partition coefficient (Wildman–Crippen LogP) is 0.854. The molecule has 2 fully saturated rings. The summed E-state index contributed by atoms with van der Waals surface area (Å²) < 4.78 is 27.1. The molecule has 1 aromatic carbocycles. The Hall–Kier alpha value is -1.48. The highest BCUT2D eigenvalue weighted by molar-refractivity contribution is 7.89. The first-order valence-electron chi connectivity index (χ1n) is 10.0. The van der Waals surface area contributed by atoms with Gasteiger partial charge in [0.25, 0.3) is 0 Å². The number of carbonyl (C=O) groups is 1. The van der Waals surface area contributed by atoms with Crippen LogP contribution in [0.1, 0.15) is 18.4 Å². The van der Waals surface area contributed by atoms with Crippen LogP contribution in [0.5, 0.6) is 0 Å². The van der Waals surface area contributed by atoms with Gasteiger partial charge in [-0.25, -0.2) is 8.42 Å². The highest BCUT2D eigenvalue weighted by atomic mass is 32.2. The Bertz CT molecular complexity index is 763. The number of hydrogen-bond donors (Lipinski definition) is 0. The summed E-state index contributed by atoms with van der Waals surface area (Å²) in [6.07, 6.45) is 2.03. The number of sulfonamides is 1. The van der Waals surface area contributed by atoms with Gasteiger partial charge >= 0.3 is 0 Å². The molecule has 8 heteroatoms. The Morgan fingerprint density at radius 3 is 2.11 bits per heavy atom. The van der Waals surface area contributed by atoms with E-state index in [9.17, 15) is 13.2 Å². The lowest BCUT2D eigenvalue weighted by molar-refractivity contribution is -0.134. The summed E-state index contributed by atoms with van der Waals surface area (Å²) in [5, 5.41) is 0. The van der Waals surface area contributed by atoms with Crippen LogP contribution in [0.2, 0.25) is 0 Å². The first-order valence-corrected chi connectivity index (χ1v) is 11.4. The van der Waals surface area contributed by atoms with Crippen LogP contribution in [-0.2, 0) is 14.8 Å². The molecule has 0 aliphatic carbocycles. The molecule has 7 nitrogen and oxygen atoms in total. The standard InChI is InChI=1S/C20H32N4O3S/c1-17-4-6-19(7-5-17)28(26,27)24-14-12-22(13-15-24)16-20(25)23-10-8-18(9-11-23)21(2)3/h4-7,18H,8-16H2,1-3H3. The zero-order chi connectivity index (χ0) is 20.3. The van der Waals surface area contributed by atoms with Crippen molar-refractivity contribution < 1.29 is 13.2 Å². The van der Waals surface area contributed by atoms with Crippen LogP contribution in [0.4, 0.5) is 0 Å². The molecule has 0 saturated carbocycles. The fourth-order valence-corrected chi connectivity index (χ4v) is 5.33. The number of amides is 1. The van der Waals surface area contributed by atoms with Gasteiger partial charge in [-0.05, 0) is 46.0 Å². The minimum Gasteiger partial charge on any atom is -0.341 e. The summed E-state index contributed by atoms with van der Waals surface area (Å²) in [4.78, 5) is 19.2. The molecule has 0 atom stereocenters. The minimum absolute atomic E-state index is 0.159. The predicted molar refractivity (Wildman–Crippen MR) is 110 cm³/mol. The fraction of sp³-hybridized carbons (Fsp3) is 0.650. The average Bonchev–Trinajstić information content (AvgIpc) is 2.69. The van der Waals surface area contributed by atoms with E-state index in [4.69, 9.17) is 0 Å². The third-order valence-electron chi connectivity index (χ3n) is 5.90. The summed E-state index contributed by atoms with van der Waals surface area (Å²) >= 11 is 0. The number of nitrogens with zero attached hydrogens (tertiary/aromatic N) is 4. The van der Waals surface area contributed by atoms with Crippen molar-refractivity contribution in [1.29, 1.82) is 0 Å². The third kappa shape index (κ3) is 4.92. The number of carbonyl (C=O) groups excluding carboxylic acids is 1. The van der Waals surface area contributed by atoms with Crippen molar-refractivity contribution in [2.75, 3.05) is 59.9 Å². The van der Waals surface area contributed by atoms with Gasteiger partial charge in [0.15, 0.2) is 0 Å². The number of hydrogen-bond acceptors (Lipinski definition) is 5. The number of benzene rings is 1. The molecular weight excluding hydrogens is 376 g/mol. The number of likely N-dealkylation sites (tertiary alicyclic amines) is 1. The summed E-state index contributed by atoms with van der Waals surface area (Å²) in [6.45, 7) is 5.96. The van der Waals surface area contributed by atoms with Crippen LogP contribution in [-0.4, -0.2) is 99.3 Å². The Kier molecular flexibility index (Phi) is 6.75. The molecule has 0 aromatic heterocycles. The summed E-state index contributed by atoms with van der Waals surface area (Å²) in [5.41, 5.74) is 1.04. The smallest absolute Gasteiger partial charge is 0.243 e. The average molecular weight is 409 g/mol. The van der Waals surface area contributed by atoms with Crippen LogP contribution in [0.3, 0.4) is 0 Å². The van der Waals surface area contributed by atoms with Gasteiger partial charge in [0, 0.05) is 45.3 Å². The molecule has 0 unspecified atom stereocenters. The minimum atomic E-state index is -3.46. The van der Waals surface area contributed by atoms with Gasteiger partial charge in [-0.1, -0.05) is 17.7 Å².